The average Bonchev–Trinajstić information content (AvgIpc) is 2.46. The Hall–Kier alpha value is -1.71. The van der Waals surface area contributed by atoms with Crippen LogP contribution in [0.25, 0.3) is 0 Å². The number of carboxylic acids is 1. The first-order valence-corrected chi connectivity index (χ1v) is 6.60. The van der Waals surface area contributed by atoms with Gasteiger partial charge >= 0.3 is 5.97 Å². The highest BCUT2D eigenvalue weighted by molar-refractivity contribution is 5.84. The highest BCUT2D eigenvalue weighted by atomic mass is 16.5. The molecule has 2 rings (SSSR count). The first-order valence-electron chi connectivity index (χ1n) is 6.60. The molecule has 0 amide bonds. The lowest BCUT2D eigenvalue weighted by molar-refractivity contribution is -0.145. The Morgan fingerprint density at radius 1 is 1.11 bits per heavy atom. The summed E-state index contributed by atoms with van der Waals surface area (Å²) >= 11 is 0. The molecule has 0 heterocycles. The molecule has 0 bridgehead atoms. The first-order chi connectivity index (χ1) is 9.15. The van der Waals surface area contributed by atoms with Gasteiger partial charge in [0.15, 0.2) is 0 Å². The second-order valence-corrected chi connectivity index (χ2v) is 4.99. The zero-order chi connectivity index (χ0) is 13.9. The molecule has 1 saturated carbocycles. The summed E-state index contributed by atoms with van der Waals surface area (Å²) in [4.78, 5) is 11.9. The van der Waals surface area contributed by atoms with Crippen LogP contribution in [0, 0.1) is 0 Å². The van der Waals surface area contributed by atoms with Crippen molar-refractivity contribution in [2.75, 3.05) is 14.2 Å². The molecule has 4 nitrogen and oxygen atoms in total. The summed E-state index contributed by atoms with van der Waals surface area (Å²) in [5.74, 6) is 0.419. The summed E-state index contributed by atoms with van der Waals surface area (Å²) in [7, 11) is 3.13. The largest absolute Gasteiger partial charge is 0.496 e. The number of hydrogen-bond donors (Lipinski definition) is 1. The van der Waals surface area contributed by atoms with Crippen molar-refractivity contribution in [1.82, 2.24) is 0 Å². The van der Waals surface area contributed by atoms with Crippen molar-refractivity contribution < 1.29 is 19.4 Å². The molecule has 0 spiro atoms. The molecular formula is C15H20O4. The van der Waals surface area contributed by atoms with E-state index in [-0.39, 0.29) is 0 Å². The molecule has 1 aromatic carbocycles. The van der Waals surface area contributed by atoms with Crippen LogP contribution in [0.1, 0.15) is 37.7 Å². The van der Waals surface area contributed by atoms with E-state index in [0.29, 0.717) is 29.9 Å². The number of hydrogen-bond acceptors (Lipinski definition) is 3. The Balaban J connectivity index is 2.61. The maximum atomic E-state index is 11.9. The van der Waals surface area contributed by atoms with Crippen LogP contribution in [0.4, 0.5) is 0 Å². The lowest BCUT2D eigenvalue weighted by atomic mass is 9.69. The van der Waals surface area contributed by atoms with Gasteiger partial charge in [0, 0.05) is 0 Å². The number of ether oxygens (including phenoxy) is 2. The topological polar surface area (TPSA) is 55.8 Å². The van der Waals surface area contributed by atoms with E-state index in [0.717, 1.165) is 19.3 Å². The van der Waals surface area contributed by atoms with E-state index >= 15 is 0 Å². The number of aliphatic carboxylic acids is 1. The van der Waals surface area contributed by atoms with Gasteiger partial charge in [-0.1, -0.05) is 25.3 Å². The molecule has 4 heteroatoms. The Kier molecular flexibility index (Phi) is 3.98. The standard InChI is InChI=1S/C15H20O4/c1-18-11-7-6-8-12(19-2)13(11)15(14(16)17)9-4-3-5-10-15/h6-8H,3-5,9-10H2,1-2H3,(H,16,17). The molecule has 1 N–H and O–H groups in total. The van der Waals surface area contributed by atoms with Crippen molar-refractivity contribution in [2.24, 2.45) is 0 Å². The van der Waals surface area contributed by atoms with Crippen molar-refractivity contribution in [1.29, 1.82) is 0 Å². The third kappa shape index (κ3) is 2.27. The van der Waals surface area contributed by atoms with E-state index in [9.17, 15) is 9.90 Å². The van der Waals surface area contributed by atoms with Gasteiger partial charge in [-0.25, -0.2) is 0 Å². The molecule has 0 saturated heterocycles. The predicted octanol–water partition coefficient (Wildman–Crippen LogP) is 2.99. The van der Waals surface area contributed by atoms with Crippen molar-refractivity contribution in [2.45, 2.75) is 37.5 Å². The number of carboxylic acid groups (broad SMARTS) is 1. The minimum Gasteiger partial charge on any atom is -0.496 e. The molecule has 19 heavy (non-hydrogen) atoms. The minimum atomic E-state index is -0.879. The van der Waals surface area contributed by atoms with Crippen molar-refractivity contribution in [3.63, 3.8) is 0 Å². The highest BCUT2D eigenvalue weighted by Gasteiger charge is 2.45. The third-order valence-corrected chi connectivity index (χ3v) is 4.02. The lowest BCUT2D eigenvalue weighted by Gasteiger charge is -2.35. The van der Waals surface area contributed by atoms with E-state index in [1.54, 1.807) is 26.4 Å². The summed E-state index contributed by atoms with van der Waals surface area (Å²) in [6.45, 7) is 0. The second-order valence-electron chi connectivity index (χ2n) is 4.99. The molecule has 1 aliphatic rings. The Morgan fingerprint density at radius 2 is 1.63 bits per heavy atom. The first kappa shape index (κ1) is 13.7. The van der Waals surface area contributed by atoms with Crippen LogP contribution in [0.15, 0.2) is 18.2 Å². The normalized spacial score (nSPS) is 17.8. The van der Waals surface area contributed by atoms with Gasteiger partial charge in [0.25, 0.3) is 0 Å². The molecule has 1 aliphatic carbocycles. The zero-order valence-corrected chi connectivity index (χ0v) is 11.4. The fourth-order valence-corrected chi connectivity index (χ4v) is 3.05. The maximum Gasteiger partial charge on any atom is 0.314 e. The SMILES string of the molecule is COc1cccc(OC)c1C1(C(=O)O)CCCCC1. The molecule has 1 aromatic rings. The number of rotatable bonds is 4. The van der Waals surface area contributed by atoms with E-state index in [1.807, 2.05) is 6.07 Å². The van der Waals surface area contributed by atoms with E-state index in [4.69, 9.17) is 9.47 Å². The van der Waals surface area contributed by atoms with Gasteiger partial charge in [-0.05, 0) is 25.0 Å². The molecular weight excluding hydrogens is 244 g/mol. The van der Waals surface area contributed by atoms with Gasteiger partial charge in [-0.15, -0.1) is 0 Å². The fraction of sp³-hybridized carbons (Fsp3) is 0.533. The Bertz CT molecular complexity index is 439. The third-order valence-electron chi connectivity index (χ3n) is 4.02. The van der Waals surface area contributed by atoms with Crippen molar-refractivity contribution >= 4 is 5.97 Å². The molecule has 0 unspecified atom stereocenters. The molecule has 1 fully saturated rings. The Morgan fingerprint density at radius 3 is 2.05 bits per heavy atom. The van der Waals surface area contributed by atoms with Crippen LogP contribution < -0.4 is 9.47 Å². The van der Waals surface area contributed by atoms with Gasteiger partial charge in [0.2, 0.25) is 0 Å². The summed E-state index contributed by atoms with van der Waals surface area (Å²) in [6.07, 6.45) is 4.21. The van der Waals surface area contributed by atoms with Gasteiger partial charge in [0.05, 0.1) is 25.2 Å². The average molecular weight is 264 g/mol. The van der Waals surface area contributed by atoms with Crippen LogP contribution >= 0.6 is 0 Å². The smallest absolute Gasteiger partial charge is 0.314 e. The van der Waals surface area contributed by atoms with Crippen LogP contribution in [0.3, 0.4) is 0 Å². The van der Waals surface area contributed by atoms with Gasteiger partial charge < -0.3 is 14.6 Å². The predicted molar refractivity (Wildman–Crippen MR) is 71.9 cm³/mol. The van der Waals surface area contributed by atoms with Gasteiger partial charge in [-0.2, -0.15) is 0 Å². The molecule has 0 radical (unpaired) electrons. The second kappa shape index (κ2) is 5.51. The lowest BCUT2D eigenvalue weighted by Crippen LogP contribution is -2.38. The van der Waals surface area contributed by atoms with E-state index < -0.39 is 11.4 Å². The van der Waals surface area contributed by atoms with Gasteiger partial charge in [0.1, 0.15) is 11.5 Å². The maximum absolute atomic E-state index is 11.9. The quantitative estimate of drug-likeness (QED) is 0.908. The minimum absolute atomic E-state index is 0.601. The van der Waals surface area contributed by atoms with E-state index in [1.165, 1.54) is 0 Å². The van der Waals surface area contributed by atoms with Gasteiger partial charge in [-0.3, -0.25) is 4.79 Å². The van der Waals surface area contributed by atoms with Crippen molar-refractivity contribution in [3.8, 4) is 11.5 Å². The van der Waals surface area contributed by atoms with Crippen LogP contribution in [0.2, 0.25) is 0 Å². The molecule has 0 aliphatic heterocycles. The highest BCUT2D eigenvalue weighted by Crippen LogP contribution is 2.47. The van der Waals surface area contributed by atoms with Crippen LogP contribution in [-0.2, 0) is 10.2 Å². The summed E-state index contributed by atoms with van der Waals surface area (Å²) in [5.41, 5.74) is -0.192. The molecule has 0 aromatic heterocycles. The van der Waals surface area contributed by atoms with Crippen LogP contribution in [0.5, 0.6) is 11.5 Å². The summed E-state index contributed by atoms with van der Waals surface area (Å²) in [6, 6.07) is 5.42. The summed E-state index contributed by atoms with van der Waals surface area (Å²) in [5, 5.41) is 9.77. The Labute approximate surface area is 113 Å². The van der Waals surface area contributed by atoms with Crippen molar-refractivity contribution in [3.05, 3.63) is 23.8 Å². The fourth-order valence-electron chi connectivity index (χ4n) is 3.05. The zero-order valence-electron chi connectivity index (χ0n) is 11.4. The summed E-state index contributed by atoms with van der Waals surface area (Å²) < 4.78 is 10.7. The number of benzene rings is 1. The molecule has 104 valence electrons. The van der Waals surface area contributed by atoms with E-state index in [2.05, 4.69) is 0 Å². The monoisotopic (exact) mass is 264 g/mol. The number of carbonyl (C=O) groups is 1. The molecule has 0 atom stereocenters. The van der Waals surface area contributed by atoms with Crippen LogP contribution in [-0.4, -0.2) is 25.3 Å². The number of methoxy groups -OCH3 is 2.